The molecule has 2 N–H and O–H groups in total. The van der Waals surface area contributed by atoms with Crippen LogP contribution in [0.3, 0.4) is 0 Å². The lowest BCUT2D eigenvalue weighted by Gasteiger charge is -2.22. The van der Waals surface area contributed by atoms with Crippen molar-refractivity contribution in [1.82, 2.24) is 20.4 Å². The van der Waals surface area contributed by atoms with E-state index in [1.165, 1.54) is 11.3 Å². The number of carbonyl (C=O) groups is 2. The van der Waals surface area contributed by atoms with E-state index in [9.17, 15) is 9.59 Å². The Hall–Kier alpha value is -2.48. The summed E-state index contributed by atoms with van der Waals surface area (Å²) in [6, 6.07) is 9.59. The van der Waals surface area contributed by atoms with E-state index in [2.05, 4.69) is 27.8 Å². The van der Waals surface area contributed by atoms with E-state index in [0.717, 1.165) is 29.8 Å². The Bertz CT molecular complexity index is 720. The average Bonchev–Trinajstić information content (AvgIpc) is 3.14. The van der Waals surface area contributed by atoms with Gasteiger partial charge in [0.25, 0.3) is 0 Å². The number of benzene rings is 1. The monoisotopic (exact) mass is 389 g/mol. The molecule has 0 saturated heterocycles. The fourth-order valence-electron chi connectivity index (χ4n) is 2.46. The number of unbranched alkanes of at least 4 members (excludes halogenated alkanes) is 1. The molecule has 1 aromatic carbocycles. The second-order valence-corrected chi connectivity index (χ2v) is 7.13. The van der Waals surface area contributed by atoms with Crippen LogP contribution in [0.25, 0.3) is 10.6 Å². The highest BCUT2D eigenvalue weighted by molar-refractivity contribution is 7.18. The topological polar surface area (TPSA) is 87.2 Å². The van der Waals surface area contributed by atoms with Crippen molar-refractivity contribution in [2.45, 2.75) is 39.5 Å². The van der Waals surface area contributed by atoms with Gasteiger partial charge in [-0.25, -0.2) is 4.79 Å². The van der Waals surface area contributed by atoms with Crippen molar-refractivity contribution in [3.8, 4) is 10.6 Å². The minimum Gasteiger partial charge on any atom is -0.338 e. The molecule has 0 aliphatic heterocycles. The average molecular weight is 390 g/mol. The zero-order chi connectivity index (χ0) is 19.5. The van der Waals surface area contributed by atoms with Crippen LogP contribution >= 0.6 is 11.3 Å². The number of urea groups is 1. The number of nitrogens with zero attached hydrogens (tertiary/aromatic N) is 3. The molecule has 0 unspecified atom stereocenters. The fourth-order valence-corrected chi connectivity index (χ4v) is 3.22. The first-order valence-electron chi connectivity index (χ1n) is 9.35. The van der Waals surface area contributed by atoms with Crippen LogP contribution in [0.2, 0.25) is 0 Å². The Balaban J connectivity index is 1.83. The Labute approximate surface area is 164 Å². The Morgan fingerprint density at radius 1 is 1.07 bits per heavy atom. The molecule has 0 atom stereocenters. The lowest BCUT2D eigenvalue weighted by molar-refractivity contribution is -0.116. The lowest BCUT2D eigenvalue weighted by atomic mass is 10.2. The van der Waals surface area contributed by atoms with Crippen molar-refractivity contribution in [3.63, 3.8) is 0 Å². The maximum Gasteiger partial charge on any atom is 0.317 e. The van der Waals surface area contributed by atoms with Crippen molar-refractivity contribution in [2.24, 2.45) is 0 Å². The van der Waals surface area contributed by atoms with E-state index in [1.54, 1.807) is 4.90 Å². The zero-order valence-corrected chi connectivity index (χ0v) is 16.7. The highest BCUT2D eigenvalue weighted by Crippen LogP contribution is 2.25. The van der Waals surface area contributed by atoms with Gasteiger partial charge in [-0.2, -0.15) is 0 Å². The molecule has 146 valence electrons. The molecule has 2 rings (SSSR count). The zero-order valence-electron chi connectivity index (χ0n) is 15.9. The third-order valence-corrected chi connectivity index (χ3v) is 4.78. The van der Waals surface area contributed by atoms with Gasteiger partial charge in [0.15, 0.2) is 0 Å². The molecule has 1 heterocycles. The highest BCUT2D eigenvalue weighted by atomic mass is 32.1. The Kier molecular flexibility index (Phi) is 8.70. The van der Waals surface area contributed by atoms with Gasteiger partial charge in [0.05, 0.1) is 0 Å². The van der Waals surface area contributed by atoms with E-state index in [4.69, 9.17) is 0 Å². The van der Waals surface area contributed by atoms with Crippen LogP contribution < -0.4 is 10.6 Å². The van der Waals surface area contributed by atoms with Crippen molar-refractivity contribution >= 4 is 28.4 Å². The summed E-state index contributed by atoms with van der Waals surface area (Å²) in [6.45, 7) is 5.76. The molecule has 0 aliphatic rings. The highest BCUT2D eigenvalue weighted by Gasteiger charge is 2.15. The molecular formula is C19H27N5O2S. The Morgan fingerprint density at radius 2 is 1.85 bits per heavy atom. The number of amides is 3. The van der Waals surface area contributed by atoms with Crippen molar-refractivity contribution < 1.29 is 9.59 Å². The quantitative estimate of drug-likeness (QED) is 0.606. The number of carbonyl (C=O) groups excluding carboxylic acids is 2. The molecule has 0 spiro atoms. The molecule has 0 aliphatic carbocycles. The van der Waals surface area contributed by atoms with Crippen molar-refractivity contribution in [1.29, 1.82) is 0 Å². The minimum absolute atomic E-state index is 0.111. The standard InChI is InChI=1S/C19H27N5O2S/c1-3-5-12-20-19(26)24(13-4-2)14-11-16(25)21-18-23-22-17(27-18)15-9-7-6-8-10-15/h6-10H,3-5,11-14H2,1-2H3,(H,20,26)(H,21,23,25). The van der Waals surface area contributed by atoms with Crippen molar-refractivity contribution in [3.05, 3.63) is 30.3 Å². The number of hydrogen-bond donors (Lipinski definition) is 2. The SMILES string of the molecule is CCCCNC(=O)N(CCC)CCC(=O)Nc1nnc(-c2ccccc2)s1. The lowest BCUT2D eigenvalue weighted by Crippen LogP contribution is -2.42. The first kappa shape index (κ1) is 20.8. The van der Waals surface area contributed by atoms with Gasteiger partial charge in [-0.1, -0.05) is 61.9 Å². The first-order chi connectivity index (χ1) is 13.1. The maximum absolute atomic E-state index is 12.2. The van der Waals surface area contributed by atoms with Gasteiger partial charge in [0, 0.05) is 31.6 Å². The summed E-state index contributed by atoms with van der Waals surface area (Å²) in [6.07, 6.45) is 3.05. The summed E-state index contributed by atoms with van der Waals surface area (Å²) in [5.74, 6) is -0.173. The van der Waals surface area contributed by atoms with Crippen LogP contribution in [0, 0.1) is 0 Å². The molecule has 1 aromatic heterocycles. The molecule has 27 heavy (non-hydrogen) atoms. The van der Waals surface area contributed by atoms with Gasteiger partial charge < -0.3 is 15.5 Å². The third-order valence-electron chi connectivity index (χ3n) is 3.89. The summed E-state index contributed by atoms with van der Waals surface area (Å²) >= 11 is 1.33. The summed E-state index contributed by atoms with van der Waals surface area (Å²) in [5.41, 5.74) is 0.966. The maximum atomic E-state index is 12.2. The summed E-state index contributed by atoms with van der Waals surface area (Å²) < 4.78 is 0. The number of aromatic nitrogens is 2. The van der Waals surface area contributed by atoms with Gasteiger partial charge >= 0.3 is 6.03 Å². The number of hydrogen-bond acceptors (Lipinski definition) is 5. The van der Waals surface area contributed by atoms with Crippen molar-refractivity contribution in [2.75, 3.05) is 25.0 Å². The molecule has 0 bridgehead atoms. The summed E-state index contributed by atoms with van der Waals surface area (Å²) in [5, 5.41) is 15.0. The predicted octanol–water partition coefficient (Wildman–Crippen LogP) is 3.76. The van der Waals surface area contributed by atoms with Gasteiger partial charge in [-0.05, 0) is 12.8 Å². The summed E-state index contributed by atoms with van der Waals surface area (Å²) in [4.78, 5) is 26.1. The van der Waals surface area contributed by atoms with Gasteiger partial charge in [0.1, 0.15) is 5.01 Å². The van der Waals surface area contributed by atoms with Crippen LogP contribution in [0.5, 0.6) is 0 Å². The molecule has 7 nitrogen and oxygen atoms in total. The van der Waals surface area contributed by atoms with E-state index >= 15 is 0 Å². The van der Waals surface area contributed by atoms with E-state index in [1.807, 2.05) is 37.3 Å². The van der Waals surface area contributed by atoms with E-state index in [0.29, 0.717) is 24.8 Å². The normalized spacial score (nSPS) is 10.4. The molecule has 8 heteroatoms. The largest absolute Gasteiger partial charge is 0.338 e. The first-order valence-corrected chi connectivity index (χ1v) is 10.2. The molecule has 0 fully saturated rings. The molecule has 3 amide bonds. The minimum atomic E-state index is -0.173. The van der Waals surface area contributed by atoms with Crippen LogP contribution in [0.1, 0.15) is 39.5 Å². The van der Waals surface area contributed by atoms with Crippen LogP contribution in [-0.2, 0) is 4.79 Å². The predicted molar refractivity (Wildman–Crippen MR) is 109 cm³/mol. The van der Waals surface area contributed by atoms with Gasteiger partial charge in [-0.3, -0.25) is 4.79 Å². The van der Waals surface area contributed by atoms with Crippen LogP contribution in [0.4, 0.5) is 9.93 Å². The molecule has 2 aromatic rings. The van der Waals surface area contributed by atoms with Crippen LogP contribution in [-0.4, -0.2) is 46.7 Å². The number of anilines is 1. The van der Waals surface area contributed by atoms with Crippen LogP contribution in [0.15, 0.2) is 30.3 Å². The third kappa shape index (κ3) is 6.97. The smallest absolute Gasteiger partial charge is 0.317 e. The summed E-state index contributed by atoms with van der Waals surface area (Å²) in [7, 11) is 0. The number of nitrogens with one attached hydrogen (secondary N) is 2. The van der Waals surface area contributed by atoms with E-state index in [-0.39, 0.29) is 18.4 Å². The molecule has 0 radical (unpaired) electrons. The van der Waals surface area contributed by atoms with Gasteiger partial charge in [0.2, 0.25) is 11.0 Å². The van der Waals surface area contributed by atoms with Gasteiger partial charge in [-0.15, -0.1) is 10.2 Å². The molecule has 0 saturated carbocycles. The van der Waals surface area contributed by atoms with E-state index < -0.39 is 0 Å². The number of rotatable bonds is 10. The second kappa shape index (κ2) is 11.3. The Morgan fingerprint density at radius 3 is 2.56 bits per heavy atom. The molecular weight excluding hydrogens is 362 g/mol. The second-order valence-electron chi connectivity index (χ2n) is 6.15. The fraction of sp³-hybridized carbons (Fsp3) is 0.474.